The van der Waals surface area contributed by atoms with Gasteiger partial charge in [0.2, 0.25) is 12.2 Å². The van der Waals surface area contributed by atoms with Crippen molar-refractivity contribution in [1.82, 2.24) is 0 Å². The van der Waals surface area contributed by atoms with Gasteiger partial charge in [-0.2, -0.15) is 0 Å². The molecular weight excluding hydrogens is 332 g/mol. The lowest BCUT2D eigenvalue weighted by Gasteiger charge is -2.00. The molecule has 0 aromatic heterocycles. The van der Waals surface area contributed by atoms with Crippen LogP contribution in [0.5, 0.6) is 0 Å². The zero-order chi connectivity index (χ0) is 19.7. The fourth-order valence-corrected chi connectivity index (χ4v) is 2.41. The van der Waals surface area contributed by atoms with Crippen LogP contribution in [0.2, 0.25) is 0 Å². The van der Waals surface area contributed by atoms with Crippen LogP contribution in [0.3, 0.4) is 0 Å². The normalized spacial score (nSPS) is 9.42. The fourth-order valence-electron chi connectivity index (χ4n) is 2.41. The third-order valence-electron chi connectivity index (χ3n) is 3.91. The second-order valence-corrected chi connectivity index (χ2v) is 6.33. The first-order chi connectivity index (χ1) is 12.7. The van der Waals surface area contributed by atoms with Gasteiger partial charge < -0.3 is 5.11 Å². The summed E-state index contributed by atoms with van der Waals surface area (Å²) in [5, 5.41) is 8.41. The van der Waals surface area contributed by atoms with Crippen molar-refractivity contribution in [3.05, 3.63) is 0 Å². The maximum absolute atomic E-state index is 10.2. The Morgan fingerprint density at radius 1 is 0.692 bits per heavy atom. The van der Waals surface area contributed by atoms with E-state index in [1.54, 1.807) is 0 Å². The highest BCUT2D eigenvalue weighted by Crippen LogP contribution is 2.10. The van der Waals surface area contributed by atoms with Crippen molar-refractivity contribution < 1.29 is 19.5 Å². The molecule has 1 N–H and O–H groups in total. The molecule has 0 fully saturated rings. The van der Waals surface area contributed by atoms with Gasteiger partial charge in [0, 0.05) is 6.42 Å². The minimum absolute atomic E-state index is 0.343. The molecule has 6 nitrogen and oxygen atoms in total. The molecule has 0 spiro atoms. The Hall–Kier alpha value is -1.77. The van der Waals surface area contributed by atoms with Crippen LogP contribution in [0.15, 0.2) is 9.98 Å². The Bertz CT molecular complexity index is 379. The SMILES string of the molecule is CCCCCCCCCCCC(=O)O.O=C=NCCCCCCN=C=O. The smallest absolute Gasteiger partial charge is 0.303 e. The van der Waals surface area contributed by atoms with Crippen molar-refractivity contribution in [3.63, 3.8) is 0 Å². The van der Waals surface area contributed by atoms with Crippen molar-refractivity contribution >= 4 is 18.1 Å². The van der Waals surface area contributed by atoms with E-state index in [0.29, 0.717) is 19.5 Å². The first-order valence-electron chi connectivity index (χ1n) is 9.98. The molecule has 0 radical (unpaired) electrons. The van der Waals surface area contributed by atoms with Gasteiger partial charge in [-0.05, 0) is 19.3 Å². The first kappa shape index (κ1) is 26.5. The minimum atomic E-state index is -0.659. The lowest BCUT2D eigenvalue weighted by molar-refractivity contribution is -0.137. The second-order valence-electron chi connectivity index (χ2n) is 6.33. The van der Waals surface area contributed by atoms with Gasteiger partial charge >= 0.3 is 5.97 Å². The van der Waals surface area contributed by atoms with Crippen molar-refractivity contribution in [2.24, 2.45) is 9.98 Å². The maximum Gasteiger partial charge on any atom is 0.303 e. The minimum Gasteiger partial charge on any atom is -0.481 e. The number of hydrogen-bond acceptors (Lipinski definition) is 5. The molecule has 0 aromatic carbocycles. The molecule has 0 aliphatic rings. The topological polar surface area (TPSA) is 96.2 Å². The van der Waals surface area contributed by atoms with Crippen LogP contribution in [-0.2, 0) is 14.4 Å². The molecule has 0 rings (SSSR count). The van der Waals surface area contributed by atoms with E-state index in [0.717, 1.165) is 38.5 Å². The molecule has 0 aliphatic carbocycles. The number of unbranched alkanes of at least 4 members (excludes halogenated alkanes) is 11. The van der Waals surface area contributed by atoms with Crippen molar-refractivity contribution in [2.45, 2.75) is 96.8 Å². The van der Waals surface area contributed by atoms with Crippen LogP contribution in [0, 0.1) is 0 Å². The Labute approximate surface area is 158 Å². The summed E-state index contributed by atoms with van der Waals surface area (Å²) in [5.74, 6) is -0.659. The summed E-state index contributed by atoms with van der Waals surface area (Å²) < 4.78 is 0. The Kier molecular flexibility index (Phi) is 25.9. The molecule has 0 heterocycles. The van der Waals surface area contributed by atoms with Crippen molar-refractivity contribution in [2.75, 3.05) is 13.1 Å². The quantitative estimate of drug-likeness (QED) is 0.216. The van der Waals surface area contributed by atoms with Gasteiger partial charge in [0.1, 0.15) is 0 Å². The number of aliphatic carboxylic acids is 1. The van der Waals surface area contributed by atoms with Crippen molar-refractivity contribution in [3.8, 4) is 0 Å². The van der Waals surface area contributed by atoms with Gasteiger partial charge in [-0.3, -0.25) is 4.79 Å². The highest BCUT2D eigenvalue weighted by Gasteiger charge is 1.96. The monoisotopic (exact) mass is 368 g/mol. The van der Waals surface area contributed by atoms with E-state index < -0.39 is 5.97 Å². The Morgan fingerprint density at radius 2 is 1.08 bits per heavy atom. The third-order valence-corrected chi connectivity index (χ3v) is 3.91. The number of aliphatic imine (C=N–C) groups is 2. The summed E-state index contributed by atoms with van der Waals surface area (Å²) in [7, 11) is 0. The van der Waals surface area contributed by atoms with Crippen LogP contribution in [0.4, 0.5) is 0 Å². The number of carboxylic acids is 1. The summed E-state index contributed by atoms with van der Waals surface area (Å²) >= 11 is 0. The second kappa shape index (κ2) is 25.5. The molecule has 0 aliphatic heterocycles. The predicted molar refractivity (Wildman–Crippen MR) is 104 cm³/mol. The molecule has 0 atom stereocenters. The largest absolute Gasteiger partial charge is 0.481 e. The van der Waals surface area contributed by atoms with Crippen LogP contribution >= 0.6 is 0 Å². The fraction of sp³-hybridized carbons (Fsp3) is 0.850. The van der Waals surface area contributed by atoms with E-state index >= 15 is 0 Å². The number of carboxylic acid groups (broad SMARTS) is 1. The molecular formula is C20H36N2O4. The highest BCUT2D eigenvalue weighted by atomic mass is 16.4. The Balaban J connectivity index is 0. The van der Waals surface area contributed by atoms with Gasteiger partial charge in [0.15, 0.2) is 0 Å². The molecule has 0 saturated carbocycles. The van der Waals surface area contributed by atoms with Crippen LogP contribution in [0.25, 0.3) is 0 Å². The highest BCUT2D eigenvalue weighted by molar-refractivity contribution is 5.66. The summed E-state index contributed by atoms with van der Waals surface area (Å²) in [6.07, 6.45) is 18.3. The molecule has 150 valence electrons. The zero-order valence-electron chi connectivity index (χ0n) is 16.4. The first-order valence-corrected chi connectivity index (χ1v) is 9.98. The van der Waals surface area contributed by atoms with E-state index in [1.165, 1.54) is 57.1 Å². The molecule has 6 heteroatoms. The predicted octanol–water partition coefficient (Wildman–Crippen LogP) is 5.21. The van der Waals surface area contributed by atoms with E-state index in [9.17, 15) is 14.4 Å². The molecule has 0 unspecified atom stereocenters. The number of isocyanates is 2. The maximum atomic E-state index is 10.2. The van der Waals surface area contributed by atoms with Crippen LogP contribution in [0.1, 0.15) is 96.8 Å². The summed E-state index contributed by atoms with van der Waals surface area (Å²) in [6.45, 7) is 3.34. The zero-order valence-corrected chi connectivity index (χ0v) is 16.4. The van der Waals surface area contributed by atoms with E-state index in [2.05, 4.69) is 16.9 Å². The van der Waals surface area contributed by atoms with Gasteiger partial charge in [0.05, 0.1) is 13.1 Å². The number of rotatable bonds is 17. The summed E-state index contributed by atoms with van der Waals surface area (Å²) in [6, 6.07) is 0. The average molecular weight is 369 g/mol. The van der Waals surface area contributed by atoms with Gasteiger partial charge in [0.25, 0.3) is 0 Å². The van der Waals surface area contributed by atoms with Gasteiger partial charge in [-0.1, -0.05) is 71.1 Å². The van der Waals surface area contributed by atoms with Crippen LogP contribution < -0.4 is 0 Å². The van der Waals surface area contributed by atoms with Gasteiger partial charge in [-0.15, -0.1) is 0 Å². The number of nitrogens with zero attached hydrogens (tertiary/aromatic N) is 2. The Morgan fingerprint density at radius 3 is 1.46 bits per heavy atom. The summed E-state index contributed by atoms with van der Waals surface area (Å²) in [4.78, 5) is 36.3. The van der Waals surface area contributed by atoms with Crippen molar-refractivity contribution in [1.29, 1.82) is 0 Å². The third kappa shape index (κ3) is 30.1. The van der Waals surface area contributed by atoms with E-state index in [4.69, 9.17) is 5.11 Å². The molecule has 0 saturated heterocycles. The summed E-state index contributed by atoms with van der Waals surface area (Å²) in [5.41, 5.74) is 0. The molecule has 0 amide bonds. The standard InChI is InChI=1S/C12H24O2.C8H12N2O2/c1-2-3-4-5-6-7-8-9-10-11-12(13)14;11-7-9-5-3-1-2-4-6-10-8-12/h2-11H2,1H3,(H,13,14);1-6H2. The average Bonchev–Trinajstić information content (AvgIpc) is 2.63. The number of hydrogen-bond donors (Lipinski definition) is 1. The molecule has 0 aromatic rings. The van der Waals surface area contributed by atoms with Crippen LogP contribution in [-0.4, -0.2) is 36.3 Å². The molecule has 0 bridgehead atoms. The number of carbonyl (C=O) groups excluding carboxylic acids is 2. The van der Waals surface area contributed by atoms with E-state index in [1.807, 2.05) is 0 Å². The molecule has 26 heavy (non-hydrogen) atoms. The van der Waals surface area contributed by atoms with E-state index in [-0.39, 0.29) is 0 Å². The number of carbonyl (C=O) groups is 1. The lowest BCUT2D eigenvalue weighted by atomic mass is 10.1. The lowest BCUT2D eigenvalue weighted by Crippen LogP contribution is -1.93. The van der Waals surface area contributed by atoms with Gasteiger partial charge in [-0.25, -0.2) is 19.6 Å².